The molecule has 0 radical (unpaired) electrons. The van der Waals surface area contributed by atoms with Gasteiger partial charge in [-0.3, -0.25) is 4.79 Å². The summed E-state index contributed by atoms with van der Waals surface area (Å²) in [6, 6.07) is 0.478. The highest BCUT2D eigenvalue weighted by molar-refractivity contribution is 5.87. The number of allylic oxidation sites excluding steroid dienone is 3. The van der Waals surface area contributed by atoms with Crippen LogP contribution in [0.25, 0.3) is 0 Å². The average Bonchev–Trinajstić information content (AvgIpc) is 3.03. The molecule has 6 atom stereocenters. The summed E-state index contributed by atoms with van der Waals surface area (Å²) >= 11 is 0. The van der Waals surface area contributed by atoms with E-state index in [0.29, 0.717) is 35.7 Å². The van der Waals surface area contributed by atoms with Crippen molar-refractivity contribution in [2.75, 3.05) is 0 Å². The van der Waals surface area contributed by atoms with Crippen LogP contribution in [-0.4, -0.2) is 34.0 Å². The molecule has 4 heteroatoms. The topological polar surface area (TPSA) is 57.6 Å². The van der Waals surface area contributed by atoms with Gasteiger partial charge in [0.1, 0.15) is 0 Å². The molecule has 0 saturated heterocycles. The molecule has 0 heterocycles. The molecule has 4 aliphatic rings. The molecule has 1 N–H and O–H groups in total. The van der Waals surface area contributed by atoms with Crippen LogP contribution in [0.3, 0.4) is 0 Å². The maximum atomic E-state index is 13.7. The summed E-state index contributed by atoms with van der Waals surface area (Å²) in [6.07, 6.45) is 11.4. The molecular weight excluding hydrogens is 386 g/mol. The second-order valence-electron chi connectivity index (χ2n) is 11.8. The first-order valence-electron chi connectivity index (χ1n) is 12.5. The fourth-order valence-corrected chi connectivity index (χ4v) is 8.18. The summed E-state index contributed by atoms with van der Waals surface area (Å²) in [4.78, 5) is 27.3. The molecule has 0 spiro atoms. The van der Waals surface area contributed by atoms with Gasteiger partial charge in [0.25, 0.3) is 0 Å². The van der Waals surface area contributed by atoms with E-state index >= 15 is 0 Å². The second kappa shape index (κ2) is 7.78. The van der Waals surface area contributed by atoms with E-state index in [1.54, 1.807) is 0 Å². The molecule has 0 bridgehead atoms. The molecule has 2 saturated carbocycles. The maximum Gasteiger partial charge on any atom is 0.331 e. The van der Waals surface area contributed by atoms with Crippen molar-refractivity contribution in [1.29, 1.82) is 0 Å². The van der Waals surface area contributed by atoms with Crippen LogP contribution < -0.4 is 0 Å². The van der Waals surface area contributed by atoms with E-state index in [-0.39, 0.29) is 28.8 Å². The van der Waals surface area contributed by atoms with Crippen LogP contribution in [-0.2, 0) is 9.59 Å². The Morgan fingerprint density at radius 2 is 1.71 bits per heavy atom. The van der Waals surface area contributed by atoms with E-state index in [0.717, 1.165) is 38.5 Å². The second-order valence-corrected chi connectivity index (χ2v) is 11.8. The third kappa shape index (κ3) is 3.40. The molecule has 2 fully saturated rings. The molecule has 4 nitrogen and oxygen atoms in total. The molecule has 0 aromatic carbocycles. The number of rotatable bonds is 4. The molecular formula is C27H41NO3. The van der Waals surface area contributed by atoms with Crippen LogP contribution in [0, 0.1) is 34.5 Å². The smallest absolute Gasteiger partial charge is 0.331 e. The lowest BCUT2D eigenvalue weighted by Crippen LogP contribution is -2.53. The molecule has 4 aliphatic carbocycles. The molecule has 0 aliphatic heterocycles. The van der Waals surface area contributed by atoms with Gasteiger partial charge in [0.05, 0.1) is 0 Å². The summed E-state index contributed by atoms with van der Waals surface area (Å²) < 4.78 is 0. The zero-order valence-electron chi connectivity index (χ0n) is 20.3. The monoisotopic (exact) mass is 427 g/mol. The number of fused-ring (bicyclic) bond motifs is 5. The minimum absolute atomic E-state index is 0.0905. The van der Waals surface area contributed by atoms with Crippen molar-refractivity contribution in [3.63, 3.8) is 0 Å². The van der Waals surface area contributed by atoms with Crippen molar-refractivity contribution >= 4 is 11.9 Å². The Hall–Kier alpha value is -1.58. The SMILES string of the molecule is CC(C)N(C(=O)[C@H]1CC[C@H]2[C@@H]3CC=C4C=C(C(=O)O)CC[C@]4(C)[C@H]3CC[C@]12C)C(C)C. The van der Waals surface area contributed by atoms with Crippen molar-refractivity contribution in [2.24, 2.45) is 34.5 Å². The third-order valence-corrected chi connectivity index (χ3v) is 9.71. The molecule has 0 unspecified atom stereocenters. The van der Waals surface area contributed by atoms with E-state index in [1.807, 2.05) is 6.08 Å². The van der Waals surface area contributed by atoms with E-state index in [4.69, 9.17) is 0 Å². The Kier molecular flexibility index (Phi) is 5.67. The summed E-state index contributed by atoms with van der Waals surface area (Å²) in [5.74, 6) is 1.58. The molecule has 1 amide bonds. The molecule has 4 rings (SSSR count). The number of carbonyl (C=O) groups is 2. The molecule has 0 aromatic rings. The first-order chi connectivity index (χ1) is 14.5. The summed E-state index contributed by atoms with van der Waals surface area (Å²) in [5.41, 5.74) is 2.01. The van der Waals surface area contributed by atoms with Crippen LogP contribution in [0.4, 0.5) is 0 Å². The number of carboxylic acids is 1. The van der Waals surface area contributed by atoms with Crippen LogP contribution in [0.5, 0.6) is 0 Å². The Morgan fingerprint density at radius 1 is 1.03 bits per heavy atom. The number of amides is 1. The van der Waals surface area contributed by atoms with Gasteiger partial charge in [-0.25, -0.2) is 4.79 Å². The van der Waals surface area contributed by atoms with Gasteiger partial charge in [-0.05, 0) is 113 Å². The number of nitrogens with zero attached hydrogens (tertiary/aromatic N) is 1. The van der Waals surface area contributed by atoms with Crippen molar-refractivity contribution in [2.45, 2.75) is 98.6 Å². The lowest BCUT2D eigenvalue weighted by molar-refractivity contribution is -0.146. The lowest BCUT2D eigenvalue weighted by atomic mass is 9.48. The minimum Gasteiger partial charge on any atom is -0.478 e. The highest BCUT2D eigenvalue weighted by Crippen LogP contribution is 2.66. The van der Waals surface area contributed by atoms with Gasteiger partial charge >= 0.3 is 5.97 Å². The maximum absolute atomic E-state index is 13.7. The van der Waals surface area contributed by atoms with Crippen molar-refractivity contribution in [3.8, 4) is 0 Å². The lowest BCUT2D eigenvalue weighted by Gasteiger charge is -2.57. The van der Waals surface area contributed by atoms with Gasteiger partial charge in [0, 0.05) is 23.6 Å². The summed E-state index contributed by atoms with van der Waals surface area (Å²) in [7, 11) is 0. The Bertz CT molecular complexity index is 816. The van der Waals surface area contributed by atoms with Gasteiger partial charge < -0.3 is 10.0 Å². The number of hydrogen-bond donors (Lipinski definition) is 1. The number of hydrogen-bond acceptors (Lipinski definition) is 2. The minimum atomic E-state index is -0.765. The largest absolute Gasteiger partial charge is 0.478 e. The summed E-state index contributed by atoms with van der Waals surface area (Å²) in [5, 5.41) is 9.47. The third-order valence-electron chi connectivity index (χ3n) is 9.71. The van der Waals surface area contributed by atoms with Crippen LogP contribution in [0.2, 0.25) is 0 Å². The Balaban J connectivity index is 1.62. The van der Waals surface area contributed by atoms with Crippen LogP contribution in [0.15, 0.2) is 23.3 Å². The quantitative estimate of drug-likeness (QED) is 0.614. The van der Waals surface area contributed by atoms with Gasteiger partial charge in [-0.2, -0.15) is 0 Å². The molecule has 31 heavy (non-hydrogen) atoms. The normalized spacial score (nSPS) is 39.4. The highest BCUT2D eigenvalue weighted by atomic mass is 16.4. The van der Waals surface area contributed by atoms with E-state index in [1.165, 1.54) is 5.57 Å². The predicted octanol–water partition coefficient (Wildman–Crippen LogP) is 5.83. The first-order valence-corrected chi connectivity index (χ1v) is 12.5. The number of aliphatic carboxylic acids is 1. The Labute approximate surface area is 188 Å². The van der Waals surface area contributed by atoms with Gasteiger partial charge in [0.15, 0.2) is 0 Å². The predicted molar refractivity (Wildman–Crippen MR) is 123 cm³/mol. The van der Waals surface area contributed by atoms with E-state index in [2.05, 4.69) is 52.5 Å². The van der Waals surface area contributed by atoms with Gasteiger partial charge in [-0.15, -0.1) is 0 Å². The summed E-state index contributed by atoms with van der Waals surface area (Å²) in [6.45, 7) is 13.3. The number of carboxylic acid groups (broad SMARTS) is 1. The zero-order valence-corrected chi connectivity index (χ0v) is 20.3. The van der Waals surface area contributed by atoms with Gasteiger partial charge in [0.2, 0.25) is 5.91 Å². The average molecular weight is 428 g/mol. The van der Waals surface area contributed by atoms with Crippen LogP contribution >= 0.6 is 0 Å². The van der Waals surface area contributed by atoms with E-state index in [9.17, 15) is 14.7 Å². The van der Waals surface area contributed by atoms with Crippen molar-refractivity contribution < 1.29 is 14.7 Å². The number of carbonyl (C=O) groups excluding carboxylic acids is 1. The van der Waals surface area contributed by atoms with E-state index < -0.39 is 5.97 Å². The molecule has 0 aromatic heterocycles. The highest BCUT2D eigenvalue weighted by Gasteiger charge is 2.60. The van der Waals surface area contributed by atoms with Crippen molar-refractivity contribution in [3.05, 3.63) is 23.3 Å². The van der Waals surface area contributed by atoms with Gasteiger partial charge in [-0.1, -0.05) is 19.9 Å². The fraction of sp³-hybridized carbons (Fsp3) is 0.778. The fourth-order valence-electron chi connectivity index (χ4n) is 8.18. The van der Waals surface area contributed by atoms with Crippen LogP contribution in [0.1, 0.15) is 86.5 Å². The molecule has 172 valence electrons. The standard InChI is InChI=1S/C27H41NO3/c1-16(2)28(17(3)4)24(29)23-10-9-21-20-8-7-19-15-18(25(30)31)11-13-26(19,5)22(20)12-14-27(21,23)6/h7,15-17,20-23H,8-14H2,1-6H3,(H,30,31)/t20-,21-,22-,23+,26-,27-/m0/s1. The first kappa shape index (κ1) is 22.6. The Morgan fingerprint density at radius 3 is 2.32 bits per heavy atom. The zero-order chi connectivity index (χ0) is 22.7. The van der Waals surface area contributed by atoms with Crippen molar-refractivity contribution in [1.82, 2.24) is 4.90 Å².